The first-order chi connectivity index (χ1) is 13.6. The summed E-state index contributed by atoms with van der Waals surface area (Å²) in [5.74, 6) is -1.01. The van der Waals surface area contributed by atoms with Crippen LogP contribution in [0.3, 0.4) is 0 Å². The SMILES string of the molecule is N#Cc1ccccc1NC(=O)c1ccc(C(=O)NCc2ccc(F)cc2)cc1. The second-order valence-corrected chi connectivity index (χ2v) is 6.00. The predicted molar refractivity (Wildman–Crippen MR) is 103 cm³/mol. The van der Waals surface area contributed by atoms with E-state index in [2.05, 4.69) is 10.6 Å². The molecule has 3 rings (SSSR count). The van der Waals surface area contributed by atoms with Gasteiger partial charge in [-0.05, 0) is 54.1 Å². The molecule has 0 atom stereocenters. The Kier molecular flexibility index (Phi) is 5.78. The third-order valence-corrected chi connectivity index (χ3v) is 4.07. The zero-order chi connectivity index (χ0) is 19.9. The van der Waals surface area contributed by atoms with Gasteiger partial charge >= 0.3 is 0 Å². The van der Waals surface area contributed by atoms with Crippen LogP contribution in [-0.2, 0) is 6.54 Å². The van der Waals surface area contributed by atoms with Gasteiger partial charge in [-0.3, -0.25) is 9.59 Å². The summed E-state index contributed by atoms with van der Waals surface area (Å²) in [6.45, 7) is 0.270. The summed E-state index contributed by atoms with van der Waals surface area (Å²) in [7, 11) is 0. The van der Waals surface area contributed by atoms with Crippen molar-refractivity contribution in [2.24, 2.45) is 0 Å². The molecular weight excluding hydrogens is 357 g/mol. The maximum Gasteiger partial charge on any atom is 0.255 e. The van der Waals surface area contributed by atoms with Crippen LogP contribution in [0, 0.1) is 17.1 Å². The van der Waals surface area contributed by atoms with Crippen molar-refractivity contribution < 1.29 is 14.0 Å². The van der Waals surface area contributed by atoms with Gasteiger partial charge < -0.3 is 10.6 Å². The van der Waals surface area contributed by atoms with Crippen molar-refractivity contribution in [1.29, 1.82) is 5.26 Å². The summed E-state index contributed by atoms with van der Waals surface area (Å²) in [6, 6.07) is 20.8. The lowest BCUT2D eigenvalue weighted by atomic mass is 10.1. The minimum Gasteiger partial charge on any atom is -0.348 e. The molecule has 5 nitrogen and oxygen atoms in total. The molecule has 0 aliphatic heterocycles. The van der Waals surface area contributed by atoms with Crippen LogP contribution in [0.25, 0.3) is 0 Å². The summed E-state index contributed by atoms with van der Waals surface area (Å²) in [4.78, 5) is 24.6. The van der Waals surface area contributed by atoms with E-state index in [4.69, 9.17) is 5.26 Å². The fourth-order valence-electron chi connectivity index (χ4n) is 2.54. The van der Waals surface area contributed by atoms with Crippen molar-refractivity contribution in [3.8, 4) is 6.07 Å². The molecule has 0 aliphatic rings. The lowest BCUT2D eigenvalue weighted by Crippen LogP contribution is -2.23. The molecule has 2 amide bonds. The van der Waals surface area contributed by atoms with Gasteiger partial charge in [0.05, 0.1) is 11.3 Å². The van der Waals surface area contributed by atoms with Gasteiger partial charge in [0.25, 0.3) is 11.8 Å². The molecule has 0 radical (unpaired) electrons. The van der Waals surface area contributed by atoms with Crippen molar-refractivity contribution >= 4 is 17.5 Å². The van der Waals surface area contributed by atoms with E-state index in [1.165, 1.54) is 24.3 Å². The average Bonchev–Trinajstić information content (AvgIpc) is 2.73. The maximum absolute atomic E-state index is 12.9. The Morgan fingerprint density at radius 3 is 2.11 bits per heavy atom. The molecule has 0 heterocycles. The number of rotatable bonds is 5. The average molecular weight is 373 g/mol. The number of hydrogen-bond donors (Lipinski definition) is 2. The van der Waals surface area contributed by atoms with Crippen LogP contribution in [0.5, 0.6) is 0 Å². The third-order valence-electron chi connectivity index (χ3n) is 4.07. The zero-order valence-electron chi connectivity index (χ0n) is 14.8. The Morgan fingerprint density at radius 2 is 1.46 bits per heavy atom. The van der Waals surface area contributed by atoms with Crippen LogP contribution in [0.15, 0.2) is 72.8 Å². The summed E-state index contributed by atoms with van der Waals surface area (Å²) in [5.41, 5.74) is 2.34. The number of anilines is 1. The Balaban J connectivity index is 1.62. The molecule has 3 aromatic carbocycles. The highest BCUT2D eigenvalue weighted by molar-refractivity contribution is 6.05. The number of benzene rings is 3. The normalized spacial score (nSPS) is 10.0. The Labute approximate surface area is 161 Å². The zero-order valence-corrected chi connectivity index (χ0v) is 14.8. The minimum absolute atomic E-state index is 0.270. The van der Waals surface area contributed by atoms with Crippen LogP contribution in [0.4, 0.5) is 10.1 Å². The number of para-hydroxylation sites is 1. The fraction of sp³-hybridized carbons (Fsp3) is 0.0455. The van der Waals surface area contributed by atoms with Crippen molar-refractivity contribution in [3.05, 3.63) is 101 Å². The molecule has 3 aromatic rings. The molecule has 6 heteroatoms. The second kappa shape index (κ2) is 8.60. The number of nitrogens with zero attached hydrogens (tertiary/aromatic N) is 1. The monoisotopic (exact) mass is 373 g/mol. The minimum atomic E-state index is -0.374. The van der Waals surface area contributed by atoms with Gasteiger partial charge in [-0.2, -0.15) is 5.26 Å². The highest BCUT2D eigenvalue weighted by Gasteiger charge is 2.11. The van der Waals surface area contributed by atoms with Crippen molar-refractivity contribution in [2.45, 2.75) is 6.54 Å². The second-order valence-electron chi connectivity index (χ2n) is 6.00. The molecule has 0 bridgehead atoms. The molecule has 0 saturated heterocycles. The van der Waals surface area contributed by atoms with Gasteiger partial charge in [0.15, 0.2) is 0 Å². The van der Waals surface area contributed by atoms with Gasteiger partial charge in [0.1, 0.15) is 11.9 Å². The molecule has 2 N–H and O–H groups in total. The van der Waals surface area contributed by atoms with Gasteiger partial charge in [0, 0.05) is 17.7 Å². The van der Waals surface area contributed by atoms with Crippen molar-refractivity contribution in [1.82, 2.24) is 5.32 Å². The number of carbonyl (C=O) groups is 2. The van der Waals surface area contributed by atoms with Gasteiger partial charge in [0.2, 0.25) is 0 Å². The van der Waals surface area contributed by atoms with E-state index in [0.29, 0.717) is 22.4 Å². The van der Waals surface area contributed by atoms with Crippen LogP contribution in [0.2, 0.25) is 0 Å². The molecule has 0 saturated carbocycles. The first-order valence-electron chi connectivity index (χ1n) is 8.50. The van der Waals surface area contributed by atoms with E-state index < -0.39 is 0 Å². The van der Waals surface area contributed by atoms with Crippen LogP contribution in [0.1, 0.15) is 31.8 Å². The van der Waals surface area contributed by atoms with E-state index in [0.717, 1.165) is 5.56 Å². The van der Waals surface area contributed by atoms with E-state index in [9.17, 15) is 14.0 Å². The van der Waals surface area contributed by atoms with Gasteiger partial charge in [-0.1, -0.05) is 24.3 Å². The summed E-state index contributed by atoms with van der Waals surface area (Å²) in [6.07, 6.45) is 0. The first kappa shape index (κ1) is 18.8. The van der Waals surface area contributed by atoms with E-state index in [1.807, 2.05) is 6.07 Å². The number of hydrogen-bond acceptors (Lipinski definition) is 3. The maximum atomic E-state index is 12.9. The standard InChI is InChI=1S/C22H16FN3O2/c23-19-11-5-15(6-12-19)14-25-21(27)16-7-9-17(10-8-16)22(28)26-20-4-2-1-3-18(20)13-24/h1-12H,14H2,(H,25,27)(H,26,28). The molecule has 0 spiro atoms. The number of amides is 2. The first-order valence-corrected chi connectivity index (χ1v) is 8.50. The molecule has 138 valence electrons. The molecule has 0 aromatic heterocycles. The highest BCUT2D eigenvalue weighted by Crippen LogP contribution is 2.15. The quantitative estimate of drug-likeness (QED) is 0.712. The van der Waals surface area contributed by atoms with Gasteiger partial charge in [-0.25, -0.2) is 4.39 Å². The topological polar surface area (TPSA) is 82.0 Å². The number of nitriles is 1. The van der Waals surface area contributed by atoms with Crippen LogP contribution < -0.4 is 10.6 Å². The summed E-state index contributed by atoms with van der Waals surface area (Å²) in [5, 5.41) is 14.5. The van der Waals surface area contributed by atoms with E-state index in [1.54, 1.807) is 48.5 Å². The Hall–Kier alpha value is -3.98. The lowest BCUT2D eigenvalue weighted by Gasteiger charge is -2.08. The van der Waals surface area contributed by atoms with E-state index >= 15 is 0 Å². The molecule has 0 unspecified atom stereocenters. The van der Waals surface area contributed by atoms with E-state index in [-0.39, 0.29) is 24.2 Å². The smallest absolute Gasteiger partial charge is 0.255 e. The highest BCUT2D eigenvalue weighted by atomic mass is 19.1. The number of carbonyl (C=O) groups excluding carboxylic acids is 2. The van der Waals surface area contributed by atoms with Crippen molar-refractivity contribution in [3.63, 3.8) is 0 Å². The summed E-state index contributed by atoms with van der Waals surface area (Å²) < 4.78 is 12.9. The summed E-state index contributed by atoms with van der Waals surface area (Å²) >= 11 is 0. The fourth-order valence-corrected chi connectivity index (χ4v) is 2.54. The third kappa shape index (κ3) is 4.59. The predicted octanol–water partition coefficient (Wildman–Crippen LogP) is 3.88. The van der Waals surface area contributed by atoms with Gasteiger partial charge in [-0.15, -0.1) is 0 Å². The molecule has 28 heavy (non-hydrogen) atoms. The Morgan fingerprint density at radius 1 is 0.857 bits per heavy atom. The molecular formula is C22H16FN3O2. The lowest BCUT2D eigenvalue weighted by molar-refractivity contribution is 0.0949. The Bertz CT molecular complexity index is 1040. The van der Waals surface area contributed by atoms with Crippen LogP contribution >= 0.6 is 0 Å². The van der Waals surface area contributed by atoms with Crippen LogP contribution in [-0.4, -0.2) is 11.8 Å². The number of nitrogens with one attached hydrogen (secondary N) is 2. The van der Waals surface area contributed by atoms with Crippen molar-refractivity contribution in [2.75, 3.05) is 5.32 Å². The number of halogens is 1. The molecule has 0 aliphatic carbocycles. The molecule has 0 fully saturated rings. The largest absolute Gasteiger partial charge is 0.348 e.